The van der Waals surface area contributed by atoms with Crippen molar-refractivity contribution in [3.63, 3.8) is 0 Å². The summed E-state index contributed by atoms with van der Waals surface area (Å²) in [7, 11) is -1.79. The van der Waals surface area contributed by atoms with E-state index in [0.717, 1.165) is 38.8 Å². The van der Waals surface area contributed by atoms with Crippen molar-refractivity contribution in [1.82, 2.24) is 24.4 Å². The maximum absolute atomic E-state index is 13.4. The number of carbonyl (C=O) groups excluding carboxylic acids is 2. The highest BCUT2D eigenvalue weighted by atomic mass is 32.2. The summed E-state index contributed by atoms with van der Waals surface area (Å²) < 4.78 is 17.3. The zero-order chi connectivity index (χ0) is 27.2. The van der Waals surface area contributed by atoms with Gasteiger partial charge in [0.05, 0.1) is 5.56 Å². The van der Waals surface area contributed by atoms with E-state index in [1.165, 1.54) is 0 Å². The first-order valence-corrected chi connectivity index (χ1v) is 14.7. The third-order valence-corrected chi connectivity index (χ3v) is 8.78. The number of nitrogens with one attached hydrogen (secondary N) is 1. The molecular formula is C27H39N7O3S. The summed E-state index contributed by atoms with van der Waals surface area (Å²) in [6.07, 6.45) is 5.68. The fraction of sp³-hybridized carbons (Fsp3) is 0.630. The largest absolute Gasteiger partial charge is 0.350 e. The van der Waals surface area contributed by atoms with Crippen LogP contribution in [-0.2, 0) is 17.5 Å². The minimum Gasteiger partial charge on any atom is -0.350 e. The summed E-state index contributed by atoms with van der Waals surface area (Å²) in [5, 5.41) is 4.72. The highest BCUT2D eigenvalue weighted by Gasteiger charge is 2.41. The number of hydrogen-bond acceptors (Lipinski definition) is 6. The van der Waals surface area contributed by atoms with Gasteiger partial charge < -0.3 is 9.80 Å². The van der Waals surface area contributed by atoms with Crippen LogP contribution in [0.4, 0.5) is 16.4 Å². The molecule has 3 amide bonds. The van der Waals surface area contributed by atoms with Crippen LogP contribution in [0.1, 0.15) is 70.7 Å². The first kappa shape index (κ1) is 26.6. The van der Waals surface area contributed by atoms with Crippen molar-refractivity contribution in [3.8, 4) is 0 Å². The van der Waals surface area contributed by atoms with Crippen LogP contribution in [0.25, 0.3) is 0 Å². The van der Waals surface area contributed by atoms with Gasteiger partial charge in [0, 0.05) is 44.5 Å². The predicted molar refractivity (Wildman–Crippen MR) is 147 cm³/mol. The molecular weight excluding hydrogens is 502 g/mol. The van der Waals surface area contributed by atoms with Crippen molar-refractivity contribution in [2.24, 2.45) is 11.3 Å². The van der Waals surface area contributed by atoms with Gasteiger partial charge in [0.1, 0.15) is 11.6 Å². The van der Waals surface area contributed by atoms with E-state index in [2.05, 4.69) is 49.3 Å². The van der Waals surface area contributed by atoms with Gasteiger partial charge >= 0.3 is 6.03 Å². The van der Waals surface area contributed by atoms with Gasteiger partial charge in [0.25, 0.3) is 5.91 Å². The summed E-state index contributed by atoms with van der Waals surface area (Å²) in [6, 6.07) is 5.07. The fourth-order valence-electron chi connectivity index (χ4n) is 5.70. The van der Waals surface area contributed by atoms with E-state index in [4.69, 9.17) is 4.98 Å². The number of nitrogens with zero attached hydrogens (tertiary/aromatic N) is 6. The molecule has 1 N–H and O–H groups in total. The second kappa shape index (κ2) is 9.98. The molecule has 11 heteroatoms. The zero-order valence-electron chi connectivity index (χ0n) is 23.1. The molecule has 2 aromatic rings. The number of hydrogen-bond donors (Lipinski definition) is 1. The topological polar surface area (TPSA) is 104 Å². The van der Waals surface area contributed by atoms with Crippen molar-refractivity contribution in [2.45, 2.75) is 77.4 Å². The number of pyridine rings is 1. The molecule has 38 heavy (non-hydrogen) atoms. The van der Waals surface area contributed by atoms with Gasteiger partial charge in [0.15, 0.2) is 16.0 Å². The molecule has 0 saturated carbocycles. The van der Waals surface area contributed by atoms with Crippen LogP contribution in [0, 0.1) is 11.3 Å². The van der Waals surface area contributed by atoms with E-state index in [1.54, 1.807) is 27.8 Å². The normalized spacial score (nSPS) is 23.9. The van der Waals surface area contributed by atoms with Gasteiger partial charge in [0.2, 0.25) is 0 Å². The molecule has 10 nitrogen and oxygen atoms in total. The highest BCUT2D eigenvalue weighted by Crippen LogP contribution is 2.40. The van der Waals surface area contributed by atoms with Crippen molar-refractivity contribution in [1.29, 1.82) is 0 Å². The molecule has 5 rings (SSSR count). The molecule has 0 aromatic carbocycles. The first-order chi connectivity index (χ1) is 17.9. The Balaban J connectivity index is 1.48. The number of amides is 3. The van der Waals surface area contributed by atoms with Gasteiger partial charge in [-0.1, -0.05) is 20.8 Å². The molecule has 2 saturated heterocycles. The molecule has 5 heterocycles. The molecule has 2 atom stereocenters. The second-order valence-corrected chi connectivity index (χ2v) is 13.7. The Labute approximate surface area is 227 Å². The third kappa shape index (κ3) is 5.43. The maximum Gasteiger partial charge on any atom is 0.325 e. The smallest absolute Gasteiger partial charge is 0.325 e. The van der Waals surface area contributed by atoms with E-state index in [9.17, 15) is 13.8 Å². The Bertz CT molecular complexity index is 1250. The van der Waals surface area contributed by atoms with Crippen molar-refractivity contribution in [3.05, 3.63) is 30.0 Å². The summed E-state index contributed by atoms with van der Waals surface area (Å²) >= 11 is 0. The molecule has 0 aliphatic carbocycles. The molecule has 2 unspecified atom stereocenters. The lowest BCUT2D eigenvalue weighted by Gasteiger charge is -2.34. The summed E-state index contributed by atoms with van der Waals surface area (Å²) in [5.41, 5.74) is 0.269. The minimum atomic E-state index is -1.79. The first-order valence-electron chi connectivity index (χ1n) is 13.5. The van der Waals surface area contributed by atoms with Gasteiger partial charge in [-0.05, 0) is 69.1 Å². The van der Waals surface area contributed by atoms with Gasteiger partial charge in [-0.3, -0.25) is 19.1 Å². The monoisotopic (exact) mass is 541 g/mol. The average molecular weight is 542 g/mol. The summed E-state index contributed by atoms with van der Waals surface area (Å²) in [4.78, 5) is 37.4. The zero-order valence-corrected chi connectivity index (χ0v) is 23.9. The van der Waals surface area contributed by atoms with E-state index >= 15 is 0 Å². The van der Waals surface area contributed by atoms with Gasteiger partial charge in [-0.15, -0.1) is 0 Å². The lowest BCUT2D eigenvalue weighted by Crippen LogP contribution is -2.41. The lowest BCUT2D eigenvalue weighted by molar-refractivity contribution is 0.0983. The highest BCUT2D eigenvalue weighted by molar-refractivity contribution is 7.83. The third-order valence-electron chi connectivity index (χ3n) is 7.81. The van der Waals surface area contributed by atoms with E-state index in [1.807, 2.05) is 11.1 Å². The van der Waals surface area contributed by atoms with E-state index in [-0.39, 0.29) is 17.0 Å². The van der Waals surface area contributed by atoms with Crippen LogP contribution < -0.4 is 14.5 Å². The van der Waals surface area contributed by atoms with Crippen LogP contribution in [0.2, 0.25) is 0 Å². The molecule has 0 radical (unpaired) electrons. The van der Waals surface area contributed by atoms with Crippen molar-refractivity contribution in [2.75, 3.05) is 36.0 Å². The number of rotatable bonds is 3. The molecule has 4 bridgehead atoms. The number of fused-ring (bicyclic) bond motifs is 6. The fourth-order valence-corrected chi connectivity index (χ4v) is 6.44. The van der Waals surface area contributed by atoms with E-state index < -0.39 is 16.9 Å². The number of anilines is 2. The van der Waals surface area contributed by atoms with Gasteiger partial charge in [-0.25, -0.2) is 14.0 Å². The Morgan fingerprint density at radius 3 is 2.68 bits per heavy atom. The van der Waals surface area contributed by atoms with Crippen molar-refractivity contribution >= 4 is 34.6 Å². The second-order valence-electron chi connectivity index (χ2n) is 12.5. The Hall–Kier alpha value is -2.95. The number of urea groups is 1. The van der Waals surface area contributed by atoms with Crippen LogP contribution >= 0.6 is 0 Å². The van der Waals surface area contributed by atoms with E-state index in [0.29, 0.717) is 47.8 Å². The Morgan fingerprint density at radius 2 is 1.92 bits per heavy atom. The number of aromatic nitrogens is 3. The summed E-state index contributed by atoms with van der Waals surface area (Å²) in [5.74, 6) is 1.05. The molecule has 3 aliphatic heterocycles. The van der Waals surface area contributed by atoms with Crippen LogP contribution in [0.5, 0.6) is 0 Å². The predicted octanol–water partition coefficient (Wildman–Crippen LogP) is 3.81. The number of aryl methyl sites for hydroxylation is 1. The molecule has 3 aliphatic rings. The molecule has 2 aromatic heterocycles. The summed E-state index contributed by atoms with van der Waals surface area (Å²) in [6.45, 7) is 14.3. The number of carbonyl (C=O) groups is 2. The average Bonchev–Trinajstić information content (AvgIpc) is 3.53. The molecule has 206 valence electrons. The SMILES string of the molecule is CC(C)(C)CCN1CCN(c2ccc3c(n2)N2CC(CCCn4ccc(n4)S(=O)NC3=O)CC2(C)C)C1=O. The maximum atomic E-state index is 13.4. The Kier molecular flexibility index (Phi) is 7.00. The van der Waals surface area contributed by atoms with Crippen LogP contribution in [0.3, 0.4) is 0 Å². The van der Waals surface area contributed by atoms with Gasteiger partial charge in [-0.2, -0.15) is 5.10 Å². The minimum absolute atomic E-state index is 0.0534. The molecule has 2 fully saturated rings. The van der Waals surface area contributed by atoms with Crippen molar-refractivity contribution < 1.29 is 13.8 Å². The lowest BCUT2D eigenvalue weighted by atomic mass is 9.92. The van der Waals surface area contributed by atoms with Crippen LogP contribution in [0.15, 0.2) is 29.4 Å². The van der Waals surface area contributed by atoms with Crippen LogP contribution in [-0.4, -0.2) is 67.5 Å². The molecule has 0 spiro atoms. The Morgan fingerprint density at radius 1 is 1.13 bits per heavy atom. The standard InChI is InChI=1S/C27H39N7O3S/c1-26(2,3)11-14-31-15-16-33(25(31)36)21-9-8-20-23(28-21)34-18-19(17-27(34,4)5)7-6-12-32-13-10-22(29-32)38(37)30-24(20)35/h8-10,13,19H,6-7,11-12,14-18H2,1-5H3,(H,30,35). The quantitative estimate of drug-likeness (QED) is 0.634.